The summed E-state index contributed by atoms with van der Waals surface area (Å²) >= 11 is 0. The first-order chi connectivity index (χ1) is 13.3. The Hall–Kier alpha value is -2.59. The Morgan fingerprint density at radius 3 is 2.81 bits per heavy atom. The van der Waals surface area contributed by atoms with E-state index in [2.05, 4.69) is 76.9 Å². The Bertz CT molecular complexity index is 911. The van der Waals surface area contributed by atoms with Crippen LogP contribution in [0, 0.1) is 0 Å². The summed E-state index contributed by atoms with van der Waals surface area (Å²) < 4.78 is 0. The highest BCUT2D eigenvalue weighted by Gasteiger charge is 2.16. The van der Waals surface area contributed by atoms with Crippen molar-refractivity contribution in [1.82, 2.24) is 14.9 Å². The Kier molecular flexibility index (Phi) is 5.54. The van der Waals surface area contributed by atoms with Crippen LogP contribution in [0.1, 0.15) is 37.3 Å². The number of hydrogen-bond acceptors (Lipinski definition) is 3. The van der Waals surface area contributed by atoms with Crippen LogP contribution in [-0.4, -0.2) is 34.5 Å². The van der Waals surface area contributed by atoms with Gasteiger partial charge in [-0.05, 0) is 36.1 Å². The van der Waals surface area contributed by atoms with Gasteiger partial charge in [-0.15, -0.1) is 0 Å². The normalized spacial score (nSPS) is 15.1. The van der Waals surface area contributed by atoms with Gasteiger partial charge in [0.25, 0.3) is 0 Å². The molecule has 0 spiro atoms. The summed E-state index contributed by atoms with van der Waals surface area (Å²) in [6, 6.07) is 14.9. The predicted octanol–water partition coefficient (Wildman–Crippen LogP) is 5.06. The summed E-state index contributed by atoms with van der Waals surface area (Å²) in [5.41, 5.74) is 6.23. The summed E-state index contributed by atoms with van der Waals surface area (Å²) in [4.78, 5) is 10.8. The van der Waals surface area contributed by atoms with Crippen LogP contribution in [0.2, 0.25) is 0 Å². The number of pyridine rings is 1. The van der Waals surface area contributed by atoms with Crippen molar-refractivity contribution in [2.75, 3.05) is 25.0 Å². The molecule has 4 nitrogen and oxygen atoms in total. The van der Waals surface area contributed by atoms with E-state index in [9.17, 15) is 0 Å². The van der Waals surface area contributed by atoms with E-state index >= 15 is 0 Å². The van der Waals surface area contributed by atoms with Crippen LogP contribution in [0.4, 0.5) is 5.82 Å². The van der Waals surface area contributed by atoms with Crippen LogP contribution >= 0.6 is 0 Å². The van der Waals surface area contributed by atoms with Gasteiger partial charge in [0, 0.05) is 37.9 Å². The third-order valence-electron chi connectivity index (χ3n) is 5.25. The lowest BCUT2D eigenvalue weighted by atomic mass is 10.0. The highest BCUT2D eigenvalue weighted by molar-refractivity contribution is 5.90. The molecule has 0 amide bonds. The van der Waals surface area contributed by atoms with Gasteiger partial charge >= 0.3 is 0 Å². The Morgan fingerprint density at radius 1 is 1.15 bits per heavy atom. The Labute approximate surface area is 161 Å². The minimum absolute atomic E-state index is 0.971. The van der Waals surface area contributed by atoms with Gasteiger partial charge in [0.15, 0.2) is 0 Å². The van der Waals surface area contributed by atoms with E-state index in [0.29, 0.717) is 0 Å². The first kappa shape index (κ1) is 17.8. The second-order valence-electron chi connectivity index (χ2n) is 7.28. The van der Waals surface area contributed by atoms with E-state index in [1.165, 1.54) is 29.5 Å². The predicted molar refractivity (Wildman–Crippen MR) is 114 cm³/mol. The van der Waals surface area contributed by atoms with Gasteiger partial charge in [-0.1, -0.05) is 49.8 Å². The number of unbranched alkanes of at least 4 members (excludes halogenated alkanes) is 1. The molecule has 0 aliphatic carbocycles. The molecule has 0 atom stereocenters. The van der Waals surface area contributed by atoms with Crippen LogP contribution in [0.5, 0.6) is 0 Å². The summed E-state index contributed by atoms with van der Waals surface area (Å²) in [5.74, 6) is 0.971. The molecule has 0 bridgehead atoms. The van der Waals surface area contributed by atoms with Crippen molar-refractivity contribution in [2.24, 2.45) is 0 Å². The van der Waals surface area contributed by atoms with Gasteiger partial charge in [-0.2, -0.15) is 0 Å². The Morgan fingerprint density at radius 2 is 2.04 bits per heavy atom. The summed E-state index contributed by atoms with van der Waals surface area (Å²) in [6.45, 7) is 6.28. The second kappa shape index (κ2) is 8.40. The first-order valence-electron chi connectivity index (χ1n) is 10.0. The van der Waals surface area contributed by atoms with Crippen LogP contribution in [0.3, 0.4) is 0 Å². The smallest absolute Gasteiger partial charge is 0.126 e. The number of aromatic nitrogens is 2. The molecule has 3 aromatic rings. The molecular formula is C23H28N4. The first-order valence-corrected chi connectivity index (χ1v) is 10.0. The maximum Gasteiger partial charge on any atom is 0.126 e. The lowest BCUT2D eigenvalue weighted by Gasteiger charge is -2.26. The molecule has 2 N–H and O–H groups in total. The van der Waals surface area contributed by atoms with E-state index in [1.807, 2.05) is 0 Å². The zero-order chi connectivity index (χ0) is 18.5. The number of anilines is 1. The number of nitrogens with zero attached hydrogens (tertiary/aromatic N) is 2. The molecule has 0 saturated heterocycles. The molecule has 0 radical (unpaired) electrons. The highest BCUT2D eigenvalue weighted by Crippen LogP contribution is 2.29. The topological polar surface area (TPSA) is 44.0 Å². The van der Waals surface area contributed by atoms with Gasteiger partial charge in [-0.25, -0.2) is 4.98 Å². The summed E-state index contributed by atoms with van der Waals surface area (Å²) in [5, 5.41) is 3.44. The lowest BCUT2D eigenvalue weighted by molar-refractivity contribution is 0.294. The summed E-state index contributed by atoms with van der Waals surface area (Å²) in [6.07, 6.45) is 7.91. The highest BCUT2D eigenvalue weighted by atomic mass is 15.1. The number of benzene rings is 1. The van der Waals surface area contributed by atoms with Crippen molar-refractivity contribution in [1.29, 1.82) is 0 Å². The average molecular weight is 361 g/mol. The van der Waals surface area contributed by atoms with E-state index in [-0.39, 0.29) is 0 Å². The van der Waals surface area contributed by atoms with Gasteiger partial charge < -0.3 is 10.3 Å². The second-order valence-corrected chi connectivity index (χ2v) is 7.28. The van der Waals surface area contributed by atoms with Crippen LogP contribution in [0.25, 0.3) is 16.6 Å². The molecule has 0 saturated carbocycles. The summed E-state index contributed by atoms with van der Waals surface area (Å²) in [7, 11) is 0. The molecule has 4 rings (SSSR count). The molecule has 1 aliphatic rings. The maximum absolute atomic E-state index is 4.87. The molecule has 140 valence electrons. The SMILES string of the molecule is CCCCNc1ccc2[nH]cc(C3=CCN(Cc4ccccc4)CC3)c2n1. The van der Waals surface area contributed by atoms with Gasteiger partial charge in [0.05, 0.1) is 11.0 Å². The van der Waals surface area contributed by atoms with Gasteiger partial charge in [0.1, 0.15) is 5.82 Å². The fraction of sp³-hybridized carbons (Fsp3) is 0.348. The number of fused-ring (bicyclic) bond motifs is 1. The van der Waals surface area contributed by atoms with E-state index in [4.69, 9.17) is 4.98 Å². The molecule has 3 heterocycles. The van der Waals surface area contributed by atoms with Crippen molar-refractivity contribution in [3.05, 3.63) is 65.9 Å². The van der Waals surface area contributed by atoms with Crippen molar-refractivity contribution < 1.29 is 0 Å². The monoisotopic (exact) mass is 360 g/mol. The maximum atomic E-state index is 4.87. The molecule has 1 aliphatic heterocycles. The Balaban J connectivity index is 1.48. The third kappa shape index (κ3) is 4.22. The minimum atomic E-state index is 0.971. The van der Waals surface area contributed by atoms with E-state index < -0.39 is 0 Å². The van der Waals surface area contributed by atoms with Gasteiger partial charge in [0.2, 0.25) is 0 Å². The largest absolute Gasteiger partial charge is 0.370 e. The quantitative estimate of drug-likeness (QED) is 0.579. The third-order valence-corrected chi connectivity index (χ3v) is 5.25. The fourth-order valence-electron chi connectivity index (χ4n) is 3.68. The standard InChI is InChI=1S/C23H28N4/c1-2-3-13-24-22-10-9-21-23(26-22)20(16-25-21)19-11-14-27(15-12-19)17-18-7-5-4-6-8-18/h4-11,16,25H,2-3,12-15,17H2,1H3,(H,24,26). The molecule has 27 heavy (non-hydrogen) atoms. The van der Waals surface area contributed by atoms with E-state index in [1.54, 1.807) is 0 Å². The number of aromatic amines is 1. The lowest BCUT2D eigenvalue weighted by Crippen LogP contribution is -2.27. The molecular weight excluding hydrogens is 332 g/mol. The molecule has 0 fully saturated rings. The molecule has 0 unspecified atom stereocenters. The zero-order valence-electron chi connectivity index (χ0n) is 16.0. The number of rotatable bonds is 7. The number of H-pyrrole nitrogens is 1. The van der Waals surface area contributed by atoms with Gasteiger partial charge in [-0.3, -0.25) is 4.90 Å². The van der Waals surface area contributed by atoms with Crippen molar-refractivity contribution >= 4 is 22.4 Å². The van der Waals surface area contributed by atoms with Crippen molar-refractivity contribution in [2.45, 2.75) is 32.7 Å². The van der Waals surface area contributed by atoms with Crippen LogP contribution in [0.15, 0.2) is 54.7 Å². The number of hydrogen-bond donors (Lipinski definition) is 2. The van der Waals surface area contributed by atoms with Crippen molar-refractivity contribution in [3.63, 3.8) is 0 Å². The minimum Gasteiger partial charge on any atom is -0.370 e. The molecule has 4 heteroatoms. The van der Waals surface area contributed by atoms with Crippen LogP contribution < -0.4 is 5.32 Å². The van der Waals surface area contributed by atoms with Crippen molar-refractivity contribution in [3.8, 4) is 0 Å². The zero-order valence-corrected chi connectivity index (χ0v) is 16.0. The molecule has 2 aromatic heterocycles. The van der Waals surface area contributed by atoms with Crippen LogP contribution in [-0.2, 0) is 6.54 Å². The molecule has 1 aromatic carbocycles. The van der Waals surface area contributed by atoms with E-state index in [0.717, 1.165) is 49.5 Å². The fourth-order valence-corrected chi connectivity index (χ4v) is 3.68. The average Bonchev–Trinajstić information content (AvgIpc) is 3.13. The number of nitrogens with one attached hydrogen (secondary N) is 2.